The lowest BCUT2D eigenvalue weighted by molar-refractivity contribution is -0.0564. The second-order valence-corrected chi connectivity index (χ2v) is 7.17. The summed E-state index contributed by atoms with van der Waals surface area (Å²) in [6, 6.07) is 8.99. The zero-order chi connectivity index (χ0) is 15.5. The maximum Gasteiger partial charge on any atom is 0.119 e. The first kappa shape index (κ1) is 16.3. The second kappa shape index (κ2) is 6.80. The lowest BCUT2D eigenvalue weighted by Gasteiger charge is -2.35. The molecule has 1 aliphatic heterocycles. The van der Waals surface area contributed by atoms with Gasteiger partial charge < -0.3 is 9.47 Å². The average molecular weight is 291 g/mol. The molecule has 1 aromatic carbocycles. The maximum absolute atomic E-state index is 5.89. The summed E-state index contributed by atoms with van der Waals surface area (Å²) >= 11 is 0. The molecular weight excluding hydrogens is 262 g/mol. The van der Waals surface area contributed by atoms with E-state index in [4.69, 9.17) is 9.47 Å². The molecule has 0 N–H and O–H groups in total. The third-order valence-corrected chi connectivity index (χ3v) is 4.06. The van der Waals surface area contributed by atoms with Gasteiger partial charge in [0, 0.05) is 19.1 Å². The Kier molecular flexibility index (Phi) is 5.28. The third kappa shape index (κ3) is 4.72. The molecule has 2 rings (SSSR count). The molecule has 1 aliphatic rings. The first-order chi connectivity index (χ1) is 9.86. The van der Waals surface area contributed by atoms with Crippen LogP contribution in [-0.2, 0) is 10.2 Å². The van der Waals surface area contributed by atoms with Crippen LogP contribution in [0.3, 0.4) is 0 Å². The number of benzene rings is 1. The minimum atomic E-state index is 0.170. The van der Waals surface area contributed by atoms with Crippen LogP contribution in [0.2, 0.25) is 0 Å². The Hall–Kier alpha value is -1.06. The molecule has 118 valence electrons. The number of hydrogen-bond donors (Lipinski definition) is 0. The fourth-order valence-corrected chi connectivity index (χ4v) is 2.55. The number of rotatable bonds is 4. The van der Waals surface area contributed by atoms with E-state index in [1.54, 1.807) is 0 Å². The molecule has 1 aromatic rings. The first-order valence-corrected chi connectivity index (χ1v) is 7.95. The number of ether oxygens (including phenoxy) is 2. The van der Waals surface area contributed by atoms with Crippen molar-refractivity contribution in [2.45, 2.75) is 52.2 Å². The molecule has 1 fully saturated rings. The van der Waals surface area contributed by atoms with Gasteiger partial charge in [-0.1, -0.05) is 32.9 Å². The van der Waals surface area contributed by atoms with Gasteiger partial charge in [-0.2, -0.15) is 0 Å². The van der Waals surface area contributed by atoms with Crippen LogP contribution in [0.1, 0.15) is 40.2 Å². The van der Waals surface area contributed by atoms with Crippen LogP contribution in [0.25, 0.3) is 0 Å². The van der Waals surface area contributed by atoms with Gasteiger partial charge in [0.15, 0.2) is 0 Å². The van der Waals surface area contributed by atoms with E-state index in [-0.39, 0.29) is 11.5 Å². The molecule has 3 nitrogen and oxygen atoms in total. The summed E-state index contributed by atoms with van der Waals surface area (Å²) in [4.78, 5) is 2.44. The Morgan fingerprint density at radius 3 is 2.48 bits per heavy atom. The molecule has 3 heteroatoms. The van der Waals surface area contributed by atoms with Gasteiger partial charge in [-0.15, -0.1) is 0 Å². The van der Waals surface area contributed by atoms with E-state index in [2.05, 4.69) is 63.8 Å². The Bertz CT molecular complexity index is 434. The topological polar surface area (TPSA) is 21.7 Å². The van der Waals surface area contributed by atoms with Crippen molar-refractivity contribution in [2.75, 3.05) is 26.3 Å². The SMILES string of the molecule is CC(C)N1CCOC(COc2ccc(C(C)(C)C)cc2)C1. The van der Waals surface area contributed by atoms with Crippen molar-refractivity contribution in [3.63, 3.8) is 0 Å². The minimum absolute atomic E-state index is 0.170. The van der Waals surface area contributed by atoms with Crippen LogP contribution in [0, 0.1) is 0 Å². The van der Waals surface area contributed by atoms with Crippen LogP contribution >= 0.6 is 0 Å². The quantitative estimate of drug-likeness (QED) is 0.848. The lowest BCUT2D eigenvalue weighted by Crippen LogP contribution is -2.47. The summed E-state index contributed by atoms with van der Waals surface area (Å²) in [6.45, 7) is 14.5. The second-order valence-electron chi connectivity index (χ2n) is 7.17. The summed E-state index contributed by atoms with van der Waals surface area (Å²) in [6.07, 6.45) is 0.170. The Labute approximate surface area is 129 Å². The zero-order valence-electron chi connectivity index (χ0n) is 14.1. The van der Waals surface area contributed by atoms with Crippen LogP contribution in [0.5, 0.6) is 5.75 Å². The van der Waals surface area contributed by atoms with Gasteiger partial charge >= 0.3 is 0 Å². The van der Waals surface area contributed by atoms with E-state index < -0.39 is 0 Å². The van der Waals surface area contributed by atoms with E-state index in [1.807, 2.05) is 0 Å². The maximum atomic E-state index is 5.89. The molecule has 0 spiro atoms. The summed E-state index contributed by atoms with van der Waals surface area (Å²) in [5.74, 6) is 0.924. The molecule has 1 heterocycles. The van der Waals surface area contributed by atoms with Crippen LogP contribution in [0.15, 0.2) is 24.3 Å². The first-order valence-electron chi connectivity index (χ1n) is 7.95. The van der Waals surface area contributed by atoms with E-state index >= 15 is 0 Å². The smallest absolute Gasteiger partial charge is 0.119 e. The summed E-state index contributed by atoms with van der Waals surface area (Å²) < 4.78 is 11.7. The summed E-state index contributed by atoms with van der Waals surface area (Å²) in [7, 11) is 0. The number of nitrogens with zero attached hydrogens (tertiary/aromatic N) is 1. The largest absolute Gasteiger partial charge is 0.491 e. The molecule has 0 aromatic heterocycles. The van der Waals surface area contributed by atoms with Crippen molar-refractivity contribution in [2.24, 2.45) is 0 Å². The van der Waals surface area contributed by atoms with Crippen molar-refractivity contribution in [3.05, 3.63) is 29.8 Å². The van der Waals surface area contributed by atoms with Crippen LogP contribution in [-0.4, -0.2) is 43.3 Å². The molecular formula is C18H29NO2. The van der Waals surface area contributed by atoms with E-state index in [0.29, 0.717) is 12.6 Å². The van der Waals surface area contributed by atoms with Gasteiger partial charge in [0.1, 0.15) is 18.5 Å². The number of morpholine rings is 1. The lowest BCUT2D eigenvalue weighted by atomic mass is 9.87. The summed E-state index contributed by atoms with van der Waals surface area (Å²) in [5.41, 5.74) is 1.51. The fourth-order valence-electron chi connectivity index (χ4n) is 2.55. The highest BCUT2D eigenvalue weighted by Crippen LogP contribution is 2.24. The Balaban J connectivity index is 1.85. The highest BCUT2D eigenvalue weighted by molar-refractivity contribution is 5.31. The van der Waals surface area contributed by atoms with Gasteiger partial charge in [-0.05, 0) is 37.0 Å². The van der Waals surface area contributed by atoms with Gasteiger partial charge in [0.2, 0.25) is 0 Å². The van der Waals surface area contributed by atoms with E-state index in [0.717, 1.165) is 25.4 Å². The molecule has 1 atom stereocenters. The minimum Gasteiger partial charge on any atom is -0.491 e. The van der Waals surface area contributed by atoms with E-state index in [1.165, 1.54) is 5.56 Å². The van der Waals surface area contributed by atoms with Gasteiger partial charge in [0.25, 0.3) is 0 Å². The molecule has 0 radical (unpaired) electrons. The molecule has 21 heavy (non-hydrogen) atoms. The number of hydrogen-bond acceptors (Lipinski definition) is 3. The monoisotopic (exact) mass is 291 g/mol. The summed E-state index contributed by atoms with van der Waals surface area (Å²) in [5, 5.41) is 0. The van der Waals surface area contributed by atoms with Crippen molar-refractivity contribution in [1.82, 2.24) is 4.90 Å². The fraction of sp³-hybridized carbons (Fsp3) is 0.667. The predicted molar refractivity (Wildman–Crippen MR) is 87.1 cm³/mol. The zero-order valence-corrected chi connectivity index (χ0v) is 14.1. The molecule has 0 aliphatic carbocycles. The van der Waals surface area contributed by atoms with Crippen molar-refractivity contribution in [3.8, 4) is 5.75 Å². The normalized spacial score (nSPS) is 20.8. The Morgan fingerprint density at radius 2 is 1.90 bits per heavy atom. The molecule has 0 amide bonds. The van der Waals surface area contributed by atoms with Crippen molar-refractivity contribution in [1.29, 1.82) is 0 Å². The highest BCUT2D eigenvalue weighted by Gasteiger charge is 2.22. The van der Waals surface area contributed by atoms with Crippen LogP contribution < -0.4 is 4.74 Å². The van der Waals surface area contributed by atoms with E-state index in [9.17, 15) is 0 Å². The van der Waals surface area contributed by atoms with Gasteiger partial charge in [-0.25, -0.2) is 0 Å². The predicted octanol–water partition coefficient (Wildman–Crippen LogP) is 3.47. The average Bonchev–Trinajstić information content (AvgIpc) is 2.45. The molecule has 0 bridgehead atoms. The Morgan fingerprint density at radius 1 is 1.24 bits per heavy atom. The molecule has 0 saturated carbocycles. The molecule has 1 unspecified atom stereocenters. The highest BCUT2D eigenvalue weighted by atomic mass is 16.5. The molecule has 1 saturated heterocycles. The van der Waals surface area contributed by atoms with Crippen molar-refractivity contribution < 1.29 is 9.47 Å². The third-order valence-electron chi connectivity index (χ3n) is 4.06. The van der Waals surface area contributed by atoms with Gasteiger partial charge in [0.05, 0.1) is 6.61 Å². The van der Waals surface area contributed by atoms with Crippen molar-refractivity contribution >= 4 is 0 Å². The standard InChI is InChI=1S/C18H29NO2/c1-14(2)19-10-11-20-17(12-19)13-21-16-8-6-15(7-9-16)18(3,4)5/h6-9,14,17H,10-13H2,1-5H3. The van der Waals surface area contributed by atoms with Crippen LogP contribution in [0.4, 0.5) is 0 Å². The van der Waals surface area contributed by atoms with Gasteiger partial charge in [-0.3, -0.25) is 4.90 Å².